The molecule has 0 bridgehead atoms. The molecular formula is C14H26N6O6. The van der Waals surface area contributed by atoms with Gasteiger partial charge in [-0.05, 0) is 19.4 Å². The molecule has 0 aliphatic heterocycles. The van der Waals surface area contributed by atoms with Gasteiger partial charge in [-0.15, -0.1) is 0 Å². The highest BCUT2D eigenvalue weighted by Crippen LogP contribution is 1.97. The van der Waals surface area contributed by atoms with Gasteiger partial charge in [0.15, 0.2) is 0 Å². The van der Waals surface area contributed by atoms with Gasteiger partial charge < -0.3 is 37.8 Å². The third-order valence-corrected chi connectivity index (χ3v) is 3.06. The Kier molecular flexibility index (Phi) is 12.1. The lowest BCUT2D eigenvalue weighted by Crippen LogP contribution is -2.47. The number of hydrogen-bond acceptors (Lipinski definition) is 7. The van der Waals surface area contributed by atoms with E-state index in [1.165, 1.54) is 0 Å². The predicted octanol–water partition coefficient (Wildman–Crippen LogP) is -4.01. The zero-order valence-corrected chi connectivity index (χ0v) is 14.4. The number of hydrogen-bond donors (Lipinski definition) is 7. The molecule has 9 N–H and O–H groups in total. The summed E-state index contributed by atoms with van der Waals surface area (Å²) in [6.45, 7) is -1.20. The van der Waals surface area contributed by atoms with Crippen molar-refractivity contribution >= 4 is 29.6 Å². The second-order valence-corrected chi connectivity index (χ2v) is 5.33. The average Bonchev–Trinajstić information content (AvgIpc) is 2.60. The highest BCUT2D eigenvalue weighted by molar-refractivity contribution is 5.91. The van der Waals surface area contributed by atoms with Gasteiger partial charge in [-0.1, -0.05) is 6.42 Å². The molecular weight excluding hydrogens is 348 g/mol. The van der Waals surface area contributed by atoms with Crippen molar-refractivity contribution in [2.45, 2.75) is 25.3 Å². The summed E-state index contributed by atoms with van der Waals surface area (Å²) in [5.41, 5.74) is 11.0. The van der Waals surface area contributed by atoms with Crippen molar-refractivity contribution in [1.82, 2.24) is 21.3 Å². The van der Waals surface area contributed by atoms with E-state index in [0.29, 0.717) is 19.4 Å². The second-order valence-electron chi connectivity index (χ2n) is 5.33. The van der Waals surface area contributed by atoms with Crippen molar-refractivity contribution in [1.29, 1.82) is 0 Å². The maximum atomic E-state index is 11.7. The van der Waals surface area contributed by atoms with Crippen LogP contribution in [-0.4, -0.2) is 73.5 Å². The molecule has 148 valence electrons. The van der Waals surface area contributed by atoms with Gasteiger partial charge in [0, 0.05) is 0 Å². The standard InChI is InChI=1S/C14H26N6O6/c15-4-2-1-3-9(16)14(26)20-7-12(23)18-5-10(21)17-6-11(22)19-8-13(24)25/h9H,1-8,15-16H2,(H,17,21)(H,18,23)(H,19,22)(H,20,26)(H,24,25)/t9-/m0/s1. The lowest BCUT2D eigenvalue weighted by molar-refractivity contribution is -0.137. The summed E-state index contributed by atoms with van der Waals surface area (Å²) in [7, 11) is 0. The SMILES string of the molecule is NCCCC[C@H](N)C(=O)NCC(=O)NCC(=O)NCC(=O)NCC(=O)O. The molecule has 26 heavy (non-hydrogen) atoms. The smallest absolute Gasteiger partial charge is 0.322 e. The zero-order chi connectivity index (χ0) is 19.9. The van der Waals surface area contributed by atoms with Gasteiger partial charge in [-0.25, -0.2) is 0 Å². The van der Waals surface area contributed by atoms with Crippen LogP contribution in [0.4, 0.5) is 0 Å². The van der Waals surface area contributed by atoms with Crippen molar-refractivity contribution in [3.8, 4) is 0 Å². The van der Waals surface area contributed by atoms with Gasteiger partial charge >= 0.3 is 5.97 Å². The highest BCUT2D eigenvalue weighted by Gasteiger charge is 2.14. The highest BCUT2D eigenvalue weighted by atomic mass is 16.4. The largest absolute Gasteiger partial charge is 0.480 e. The summed E-state index contributed by atoms with van der Waals surface area (Å²) < 4.78 is 0. The number of carbonyl (C=O) groups excluding carboxylic acids is 4. The van der Waals surface area contributed by atoms with Crippen molar-refractivity contribution in [3.63, 3.8) is 0 Å². The van der Waals surface area contributed by atoms with Gasteiger partial charge in [0.25, 0.3) is 0 Å². The van der Waals surface area contributed by atoms with Crippen molar-refractivity contribution < 1.29 is 29.1 Å². The van der Waals surface area contributed by atoms with E-state index >= 15 is 0 Å². The predicted molar refractivity (Wildman–Crippen MR) is 90.6 cm³/mol. The minimum absolute atomic E-state index is 0.338. The van der Waals surface area contributed by atoms with Crippen LogP contribution in [0.15, 0.2) is 0 Å². The summed E-state index contributed by atoms with van der Waals surface area (Å²) in [6.07, 6.45) is 1.92. The lowest BCUT2D eigenvalue weighted by atomic mass is 10.1. The maximum absolute atomic E-state index is 11.7. The Morgan fingerprint density at radius 2 is 1.23 bits per heavy atom. The molecule has 0 heterocycles. The number of carboxylic acid groups (broad SMARTS) is 1. The van der Waals surface area contributed by atoms with E-state index in [9.17, 15) is 24.0 Å². The fourth-order valence-electron chi connectivity index (χ4n) is 1.66. The number of rotatable bonds is 13. The van der Waals surface area contributed by atoms with Crippen molar-refractivity contribution in [2.24, 2.45) is 11.5 Å². The van der Waals surface area contributed by atoms with Crippen molar-refractivity contribution in [3.05, 3.63) is 0 Å². The molecule has 0 saturated carbocycles. The van der Waals surface area contributed by atoms with Crippen LogP contribution in [0.1, 0.15) is 19.3 Å². The molecule has 0 aromatic heterocycles. The molecule has 12 heteroatoms. The molecule has 0 aliphatic carbocycles. The van der Waals surface area contributed by atoms with Crippen LogP contribution < -0.4 is 32.7 Å². The number of nitrogens with one attached hydrogen (secondary N) is 4. The van der Waals surface area contributed by atoms with Crippen LogP contribution in [0.5, 0.6) is 0 Å². The molecule has 0 aromatic rings. The van der Waals surface area contributed by atoms with Crippen LogP contribution >= 0.6 is 0 Å². The zero-order valence-electron chi connectivity index (χ0n) is 14.4. The van der Waals surface area contributed by atoms with Gasteiger partial charge in [-0.3, -0.25) is 24.0 Å². The van der Waals surface area contributed by atoms with E-state index in [1.54, 1.807) is 0 Å². The molecule has 0 aliphatic rings. The Bertz CT molecular complexity index is 512. The van der Waals surface area contributed by atoms with Gasteiger partial charge in [-0.2, -0.15) is 0 Å². The van der Waals surface area contributed by atoms with Gasteiger partial charge in [0.2, 0.25) is 23.6 Å². The van der Waals surface area contributed by atoms with E-state index in [-0.39, 0.29) is 6.54 Å². The van der Waals surface area contributed by atoms with Crippen LogP contribution in [0.2, 0.25) is 0 Å². The minimum Gasteiger partial charge on any atom is -0.480 e. The monoisotopic (exact) mass is 374 g/mol. The second kappa shape index (κ2) is 13.5. The molecule has 1 atom stereocenters. The first kappa shape index (κ1) is 23.3. The molecule has 0 spiro atoms. The summed E-state index contributed by atoms with van der Waals surface area (Å²) in [5, 5.41) is 17.2. The van der Waals surface area contributed by atoms with Gasteiger partial charge in [0.1, 0.15) is 6.54 Å². The summed E-state index contributed by atoms with van der Waals surface area (Å²) in [4.78, 5) is 56.1. The topological polar surface area (TPSA) is 206 Å². The number of aliphatic carboxylic acids is 1. The van der Waals surface area contributed by atoms with Crippen molar-refractivity contribution in [2.75, 3.05) is 32.7 Å². The Labute approximate surface area is 150 Å². The molecule has 12 nitrogen and oxygen atoms in total. The number of nitrogens with two attached hydrogens (primary N) is 2. The molecule has 4 amide bonds. The summed E-state index contributed by atoms with van der Waals surface area (Å²) in [5.74, 6) is -3.61. The van der Waals surface area contributed by atoms with Crippen LogP contribution in [0.25, 0.3) is 0 Å². The van der Waals surface area contributed by atoms with Crippen LogP contribution in [0, 0.1) is 0 Å². The van der Waals surface area contributed by atoms with Crippen LogP contribution in [-0.2, 0) is 24.0 Å². The molecule has 0 saturated heterocycles. The Balaban J connectivity index is 3.86. The average molecular weight is 374 g/mol. The molecule has 0 fully saturated rings. The molecule has 0 aromatic carbocycles. The lowest BCUT2D eigenvalue weighted by Gasteiger charge is -2.12. The fraction of sp³-hybridized carbons (Fsp3) is 0.643. The quantitative estimate of drug-likeness (QED) is 0.158. The third-order valence-electron chi connectivity index (χ3n) is 3.06. The molecule has 0 radical (unpaired) electrons. The molecule has 0 unspecified atom stereocenters. The first-order valence-corrected chi connectivity index (χ1v) is 8.01. The van der Waals surface area contributed by atoms with Crippen LogP contribution in [0.3, 0.4) is 0 Å². The number of unbranched alkanes of at least 4 members (excludes halogenated alkanes) is 1. The Morgan fingerprint density at radius 1 is 0.769 bits per heavy atom. The third kappa shape index (κ3) is 12.7. The summed E-state index contributed by atoms with van der Waals surface area (Å²) in [6, 6.07) is -0.734. The van der Waals surface area contributed by atoms with Gasteiger partial charge in [0.05, 0.1) is 25.7 Å². The van der Waals surface area contributed by atoms with E-state index in [4.69, 9.17) is 16.6 Å². The number of carboxylic acids is 1. The molecule has 0 rings (SSSR count). The Hall–Kier alpha value is -2.73. The normalized spacial score (nSPS) is 11.2. The first-order chi connectivity index (χ1) is 12.3. The van der Waals surface area contributed by atoms with E-state index in [1.807, 2.05) is 0 Å². The fourth-order valence-corrected chi connectivity index (χ4v) is 1.66. The minimum atomic E-state index is -1.21. The number of carbonyl (C=O) groups is 5. The van der Waals surface area contributed by atoms with E-state index < -0.39 is 55.3 Å². The van der Waals surface area contributed by atoms with E-state index in [2.05, 4.69) is 21.3 Å². The maximum Gasteiger partial charge on any atom is 0.322 e. The first-order valence-electron chi connectivity index (χ1n) is 8.01. The van der Waals surface area contributed by atoms with E-state index in [0.717, 1.165) is 6.42 Å². The number of amides is 4. The summed E-state index contributed by atoms with van der Waals surface area (Å²) >= 11 is 0. The Morgan fingerprint density at radius 3 is 1.69 bits per heavy atom.